The molecule has 0 saturated carbocycles. The summed E-state index contributed by atoms with van der Waals surface area (Å²) < 4.78 is 13.4. The molecule has 0 amide bonds. The Hall–Kier alpha value is -1.67. The van der Waals surface area contributed by atoms with Gasteiger partial charge in [-0.15, -0.1) is 0 Å². The Labute approximate surface area is 107 Å². The van der Waals surface area contributed by atoms with E-state index in [4.69, 9.17) is 0 Å². The van der Waals surface area contributed by atoms with Crippen molar-refractivity contribution >= 4 is 0 Å². The molecule has 0 saturated heterocycles. The monoisotopic (exact) mass is 244 g/mol. The Morgan fingerprint density at radius 1 is 1.00 bits per heavy atom. The molecule has 18 heavy (non-hydrogen) atoms. The molecule has 0 bridgehead atoms. The molecule has 1 unspecified atom stereocenters. The van der Waals surface area contributed by atoms with E-state index in [0.717, 1.165) is 22.3 Å². The lowest BCUT2D eigenvalue weighted by Crippen LogP contribution is -2.05. The van der Waals surface area contributed by atoms with E-state index in [2.05, 4.69) is 0 Å². The number of halogens is 1. The largest absolute Gasteiger partial charge is 0.384 e. The number of aliphatic hydroxyl groups excluding tert-OH is 1. The van der Waals surface area contributed by atoms with E-state index in [1.807, 2.05) is 45.0 Å². The SMILES string of the molecule is Cc1cc(F)cc(C(O)c2c(C)cccc2C)c1. The minimum Gasteiger partial charge on any atom is -0.384 e. The summed E-state index contributed by atoms with van der Waals surface area (Å²) in [7, 11) is 0. The number of aryl methyl sites for hydroxylation is 3. The first-order chi connectivity index (χ1) is 8.49. The molecular formula is C16H17FO. The van der Waals surface area contributed by atoms with Gasteiger partial charge in [-0.2, -0.15) is 0 Å². The van der Waals surface area contributed by atoms with Crippen LogP contribution in [0.1, 0.15) is 33.9 Å². The molecule has 2 rings (SSSR count). The van der Waals surface area contributed by atoms with Crippen LogP contribution in [0.4, 0.5) is 4.39 Å². The summed E-state index contributed by atoms with van der Waals surface area (Å²) in [5.74, 6) is -0.310. The zero-order valence-electron chi connectivity index (χ0n) is 10.9. The lowest BCUT2D eigenvalue weighted by atomic mass is 9.93. The van der Waals surface area contributed by atoms with Crippen LogP contribution in [0, 0.1) is 26.6 Å². The van der Waals surface area contributed by atoms with E-state index in [9.17, 15) is 9.50 Å². The van der Waals surface area contributed by atoms with Crippen LogP contribution < -0.4 is 0 Å². The molecular weight excluding hydrogens is 227 g/mol. The molecule has 0 aliphatic rings. The van der Waals surface area contributed by atoms with Crippen LogP contribution in [-0.4, -0.2) is 5.11 Å². The van der Waals surface area contributed by atoms with Crippen LogP contribution in [0.2, 0.25) is 0 Å². The number of hydrogen-bond donors (Lipinski definition) is 1. The second kappa shape index (κ2) is 4.91. The van der Waals surface area contributed by atoms with Gasteiger partial charge >= 0.3 is 0 Å². The van der Waals surface area contributed by atoms with Crippen molar-refractivity contribution in [2.24, 2.45) is 0 Å². The molecule has 2 heteroatoms. The lowest BCUT2D eigenvalue weighted by Gasteiger charge is -2.17. The van der Waals surface area contributed by atoms with Crippen molar-refractivity contribution in [3.8, 4) is 0 Å². The van der Waals surface area contributed by atoms with Crippen LogP contribution in [0.25, 0.3) is 0 Å². The molecule has 0 fully saturated rings. The molecule has 0 radical (unpaired) electrons. The topological polar surface area (TPSA) is 20.2 Å². The molecule has 0 aromatic heterocycles. The molecule has 1 nitrogen and oxygen atoms in total. The van der Waals surface area contributed by atoms with Crippen LogP contribution >= 0.6 is 0 Å². The van der Waals surface area contributed by atoms with Crippen LogP contribution in [0.5, 0.6) is 0 Å². The standard InChI is InChI=1S/C16H17FO/c1-10-7-13(9-14(17)8-10)16(18)15-11(2)5-4-6-12(15)3/h4-9,16,18H,1-3H3. The maximum atomic E-state index is 13.4. The van der Waals surface area contributed by atoms with Crippen LogP contribution in [0.3, 0.4) is 0 Å². The van der Waals surface area contributed by atoms with Gasteiger partial charge in [-0.05, 0) is 60.7 Å². The molecule has 94 valence electrons. The number of aliphatic hydroxyl groups is 1. The molecule has 0 spiro atoms. The fraction of sp³-hybridized carbons (Fsp3) is 0.250. The van der Waals surface area contributed by atoms with E-state index in [1.165, 1.54) is 12.1 Å². The predicted octanol–water partition coefficient (Wildman–Crippen LogP) is 3.83. The number of hydrogen-bond acceptors (Lipinski definition) is 1. The van der Waals surface area contributed by atoms with Crippen LogP contribution in [0.15, 0.2) is 36.4 Å². The summed E-state index contributed by atoms with van der Waals surface area (Å²) in [6.45, 7) is 5.74. The first-order valence-corrected chi connectivity index (χ1v) is 6.00. The molecule has 0 aliphatic carbocycles. The fourth-order valence-corrected chi connectivity index (χ4v) is 2.35. The summed E-state index contributed by atoms with van der Waals surface area (Å²) >= 11 is 0. The zero-order valence-corrected chi connectivity index (χ0v) is 10.9. The smallest absolute Gasteiger partial charge is 0.123 e. The highest BCUT2D eigenvalue weighted by molar-refractivity contribution is 5.41. The Morgan fingerprint density at radius 3 is 2.17 bits per heavy atom. The Bertz CT molecular complexity index is 535. The maximum Gasteiger partial charge on any atom is 0.123 e. The Kier molecular flexibility index (Phi) is 3.48. The van der Waals surface area contributed by atoms with Crippen LogP contribution in [-0.2, 0) is 0 Å². The average Bonchev–Trinajstić information content (AvgIpc) is 2.27. The minimum absolute atomic E-state index is 0.310. The van der Waals surface area contributed by atoms with Gasteiger partial charge < -0.3 is 5.11 Å². The maximum absolute atomic E-state index is 13.4. The summed E-state index contributed by atoms with van der Waals surface area (Å²) in [6.07, 6.45) is -0.777. The quantitative estimate of drug-likeness (QED) is 0.851. The molecule has 1 atom stereocenters. The molecule has 0 heterocycles. The summed E-state index contributed by atoms with van der Waals surface area (Å²) in [4.78, 5) is 0. The minimum atomic E-state index is -0.777. The van der Waals surface area contributed by atoms with E-state index >= 15 is 0 Å². The second-order valence-electron chi connectivity index (χ2n) is 4.77. The predicted molar refractivity (Wildman–Crippen MR) is 71.1 cm³/mol. The first-order valence-electron chi connectivity index (χ1n) is 6.00. The van der Waals surface area contributed by atoms with Crippen molar-refractivity contribution < 1.29 is 9.50 Å². The van der Waals surface area contributed by atoms with Crippen molar-refractivity contribution in [2.45, 2.75) is 26.9 Å². The summed E-state index contributed by atoms with van der Waals surface area (Å²) in [6, 6.07) is 10.5. The van der Waals surface area contributed by atoms with E-state index in [-0.39, 0.29) is 5.82 Å². The first kappa shape index (κ1) is 12.8. The Morgan fingerprint density at radius 2 is 1.61 bits per heavy atom. The summed E-state index contributed by atoms with van der Waals surface area (Å²) in [5.41, 5.74) is 4.32. The highest BCUT2D eigenvalue weighted by Crippen LogP contribution is 2.28. The third-order valence-corrected chi connectivity index (χ3v) is 3.20. The number of benzene rings is 2. The van der Waals surface area contributed by atoms with Crippen molar-refractivity contribution in [3.63, 3.8) is 0 Å². The third-order valence-electron chi connectivity index (χ3n) is 3.20. The van der Waals surface area contributed by atoms with Gasteiger partial charge in [-0.1, -0.05) is 24.3 Å². The summed E-state index contributed by atoms with van der Waals surface area (Å²) in [5, 5.41) is 10.4. The normalized spacial score (nSPS) is 12.5. The highest BCUT2D eigenvalue weighted by Gasteiger charge is 2.16. The van der Waals surface area contributed by atoms with Gasteiger partial charge in [-0.3, -0.25) is 0 Å². The second-order valence-corrected chi connectivity index (χ2v) is 4.77. The lowest BCUT2D eigenvalue weighted by molar-refractivity contribution is 0.218. The Balaban J connectivity index is 2.51. The van der Waals surface area contributed by atoms with Crippen molar-refractivity contribution in [1.29, 1.82) is 0 Å². The van der Waals surface area contributed by atoms with E-state index in [0.29, 0.717) is 5.56 Å². The van der Waals surface area contributed by atoms with Crippen molar-refractivity contribution in [2.75, 3.05) is 0 Å². The van der Waals surface area contributed by atoms with E-state index in [1.54, 1.807) is 0 Å². The fourth-order valence-electron chi connectivity index (χ4n) is 2.35. The number of rotatable bonds is 2. The van der Waals surface area contributed by atoms with Gasteiger partial charge in [0, 0.05) is 0 Å². The van der Waals surface area contributed by atoms with Gasteiger partial charge in [0.2, 0.25) is 0 Å². The van der Waals surface area contributed by atoms with Crippen molar-refractivity contribution in [3.05, 3.63) is 70.0 Å². The molecule has 2 aromatic rings. The van der Waals surface area contributed by atoms with Gasteiger partial charge in [0.1, 0.15) is 11.9 Å². The zero-order chi connectivity index (χ0) is 13.3. The van der Waals surface area contributed by atoms with Gasteiger partial charge in [0.15, 0.2) is 0 Å². The van der Waals surface area contributed by atoms with E-state index < -0.39 is 6.10 Å². The molecule has 2 aromatic carbocycles. The van der Waals surface area contributed by atoms with Gasteiger partial charge in [0.05, 0.1) is 0 Å². The molecule has 1 N–H and O–H groups in total. The van der Waals surface area contributed by atoms with Gasteiger partial charge in [0.25, 0.3) is 0 Å². The molecule has 0 aliphatic heterocycles. The average molecular weight is 244 g/mol. The van der Waals surface area contributed by atoms with Gasteiger partial charge in [-0.25, -0.2) is 4.39 Å². The van der Waals surface area contributed by atoms with Crippen molar-refractivity contribution in [1.82, 2.24) is 0 Å². The third kappa shape index (κ3) is 2.44. The highest BCUT2D eigenvalue weighted by atomic mass is 19.1.